The molecule has 1 aromatic carbocycles. The van der Waals surface area contributed by atoms with Gasteiger partial charge in [-0.2, -0.15) is 0 Å². The molecular weight excluding hydrogens is 312 g/mol. The average molecular weight is 336 g/mol. The number of aromatic nitrogens is 2. The van der Waals surface area contributed by atoms with Crippen molar-refractivity contribution in [3.05, 3.63) is 54.4 Å². The molecule has 2 N–H and O–H groups in total. The van der Waals surface area contributed by atoms with E-state index in [2.05, 4.69) is 35.4 Å². The molecule has 130 valence electrons. The van der Waals surface area contributed by atoms with Crippen LogP contribution in [0, 0.1) is 0 Å². The fraction of sp³-hybridized carbons (Fsp3) is 0.350. The van der Waals surface area contributed by atoms with Gasteiger partial charge < -0.3 is 14.9 Å². The van der Waals surface area contributed by atoms with Crippen LogP contribution < -0.4 is 5.73 Å². The van der Waals surface area contributed by atoms with Gasteiger partial charge in [0.25, 0.3) is 0 Å². The van der Waals surface area contributed by atoms with Crippen molar-refractivity contribution in [2.75, 3.05) is 18.8 Å². The van der Waals surface area contributed by atoms with E-state index in [4.69, 9.17) is 15.5 Å². The number of fused-ring (bicyclic) bond motifs is 1. The summed E-state index contributed by atoms with van der Waals surface area (Å²) in [5.74, 6) is 0. The average Bonchev–Trinajstić information content (AvgIpc) is 2.93. The first-order valence-electron chi connectivity index (χ1n) is 8.80. The van der Waals surface area contributed by atoms with E-state index in [-0.39, 0.29) is 12.2 Å². The van der Waals surface area contributed by atoms with E-state index in [0.717, 1.165) is 42.2 Å². The SMILES string of the molecule is CC1CN(Cc2c(-c3cccc(N)c3)nc3ccccn23)CC(C)O1. The zero-order chi connectivity index (χ0) is 17.4. The Kier molecular flexibility index (Phi) is 4.19. The predicted molar refractivity (Wildman–Crippen MR) is 100 cm³/mol. The Labute approximate surface area is 148 Å². The standard InChI is InChI=1S/C20H24N4O/c1-14-11-23(12-15(2)25-14)13-18-20(16-6-5-7-17(21)10-16)22-19-8-3-4-9-24(18)19/h3-10,14-15H,11-13,21H2,1-2H3. The minimum atomic E-state index is 0.249. The van der Waals surface area contributed by atoms with Crippen molar-refractivity contribution in [1.82, 2.24) is 14.3 Å². The highest BCUT2D eigenvalue weighted by Crippen LogP contribution is 2.27. The van der Waals surface area contributed by atoms with E-state index in [1.54, 1.807) is 0 Å². The van der Waals surface area contributed by atoms with E-state index >= 15 is 0 Å². The van der Waals surface area contributed by atoms with Gasteiger partial charge in [-0.1, -0.05) is 18.2 Å². The summed E-state index contributed by atoms with van der Waals surface area (Å²) >= 11 is 0. The van der Waals surface area contributed by atoms with Crippen molar-refractivity contribution >= 4 is 11.3 Å². The largest absolute Gasteiger partial charge is 0.399 e. The van der Waals surface area contributed by atoms with Gasteiger partial charge in [-0.3, -0.25) is 4.90 Å². The van der Waals surface area contributed by atoms with Crippen LogP contribution in [0.4, 0.5) is 5.69 Å². The van der Waals surface area contributed by atoms with Gasteiger partial charge >= 0.3 is 0 Å². The number of anilines is 1. The van der Waals surface area contributed by atoms with Gasteiger partial charge in [-0.05, 0) is 38.1 Å². The molecule has 25 heavy (non-hydrogen) atoms. The van der Waals surface area contributed by atoms with Gasteiger partial charge in [0, 0.05) is 37.1 Å². The maximum absolute atomic E-state index is 6.00. The fourth-order valence-corrected chi connectivity index (χ4v) is 3.74. The minimum Gasteiger partial charge on any atom is -0.399 e. The van der Waals surface area contributed by atoms with Crippen LogP contribution in [0.5, 0.6) is 0 Å². The number of nitrogens with two attached hydrogens (primary N) is 1. The maximum Gasteiger partial charge on any atom is 0.137 e. The molecule has 1 saturated heterocycles. The number of pyridine rings is 1. The van der Waals surface area contributed by atoms with Crippen LogP contribution in [0.2, 0.25) is 0 Å². The molecule has 3 aromatic rings. The Bertz CT molecular complexity index is 878. The minimum absolute atomic E-state index is 0.249. The van der Waals surface area contributed by atoms with Gasteiger partial charge in [0.1, 0.15) is 5.65 Å². The van der Waals surface area contributed by atoms with Gasteiger partial charge in [0.05, 0.1) is 23.6 Å². The predicted octanol–water partition coefficient (Wildman–Crippen LogP) is 3.19. The number of hydrogen-bond acceptors (Lipinski definition) is 4. The summed E-state index contributed by atoms with van der Waals surface area (Å²) in [6, 6.07) is 14.1. The highest BCUT2D eigenvalue weighted by atomic mass is 16.5. The first-order valence-corrected chi connectivity index (χ1v) is 8.80. The first-order chi connectivity index (χ1) is 12.1. The molecule has 3 heterocycles. The van der Waals surface area contributed by atoms with Gasteiger partial charge in [0.2, 0.25) is 0 Å². The summed E-state index contributed by atoms with van der Waals surface area (Å²) in [4.78, 5) is 7.33. The molecule has 2 unspecified atom stereocenters. The van der Waals surface area contributed by atoms with Crippen LogP contribution in [0.15, 0.2) is 48.7 Å². The number of ether oxygens (including phenoxy) is 1. The third-order valence-corrected chi connectivity index (χ3v) is 4.66. The van der Waals surface area contributed by atoms with E-state index in [1.807, 2.05) is 36.4 Å². The molecule has 0 radical (unpaired) electrons. The molecule has 0 aliphatic carbocycles. The molecule has 0 amide bonds. The second kappa shape index (κ2) is 6.50. The molecule has 2 aromatic heterocycles. The fourth-order valence-electron chi connectivity index (χ4n) is 3.74. The van der Waals surface area contributed by atoms with Crippen LogP contribution in [0.3, 0.4) is 0 Å². The number of hydrogen-bond donors (Lipinski definition) is 1. The lowest BCUT2D eigenvalue weighted by molar-refractivity contribution is -0.0707. The van der Waals surface area contributed by atoms with Crippen LogP contribution >= 0.6 is 0 Å². The summed E-state index contributed by atoms with van der Waals surface area (Å²) < 4.78 is 8.06. The normalized spacial score (nSPS) is 21.7. The molecule has 2 atom stereocenters. The Balaban J connectivity index is 1.77. The summed E-state index contributed by atoms with van der Waals surface area (Å²) in [5, 5.41) is 0. The number of nitrogen functional groups attached to an aromatic ring is 1. The maximum atomic E-state index is 6.00. The summed E-state index contributed by atoms with van der Waals surface area (Å²) in [6.45, 7) is 6.97. The molecule has 0 spiro atoms. The quantitative estimate of drug-likeness (QED) is 0.746. The molecule has 0 saturated carbocycles. The van der Waals surface area contributed by atoms with E-state index in [1.165, 1.54) is 5.69 Å². The Hall–Kier alpha value is -2.37. The lowest BCUT2D eigenvalue weighted by Crippen LogP contribution is -2.45. The van der Waals surface area contributed by atoms with Crippen molar-refractivity contribution in [1.29, 1.82) is 0 Å². The lowest BCUT2D eigenvalue weighted by Gasteiger charge is -2.35. The van der Waals surface area contributed by atoms with Crippen molar-refractivity contribution in [3.8, 4) is 11.3 Å². The number of benzene rings is 1. The number of nitrogens with zero attached hydrogens (tertiary/aromatic N) is 3. The Morgan fingerprint density at radius 1 is 1.12 bits per heavy atom. The smallest absolute Gasteiger partial charge is 0.137 e. The van der Waals surface area contributed by atoms with Crippen LogP contribution in [0.25, 0.3) is 16.9 Å². The topological polar surface area (TPSA) is 55.8 Å². The third kappa shape index (κ3) is 3.25. The molecule has 5 nitrogen and oxygen atoms in total. The number of imidazole rings is 1. The highest BCUT2D eigenvalue weighted by molar-refractivity contribution is 5.69. The van der Waals surface area contributed by atoms with Crippen molar-refractivity contribution in [2.45, 2.75) is 32.6 Å². The van der Waals surface area contributed by atoms with Gasteiger partial charge in [-0.25, -0.2) is 4.98 Å². The zero-order valence-corrected chi connectivity index (χ0v) is 14.7. The zero-order valence-electron chi connectivity index (χ0n) is 14.7. The summed E-state index contributed by atoms with van der Waals surface area (Å²) in [7, 11) is 0. The monoisotopic (exact) mass is 336 g/mol. The highest BCUT2D eigenvalue weighted by Gasteiger charge is 2.24. The van der Waals surface area contributed by atoms with E-state index in [9.17, 15) is 0 Å². The molecule has 1 aliphatic rings. The number of morpholine rings is 1. The summed E-state index contributed by atoms with van der Waals surface area (Å²) in [6.07, 6.45) is 2.58. The lowest BCUT2D eigenvalue weighted by atomic mass is 10.1. The first kappa shape index (κ1) is 16.1. The van der Waals surface area contributed by atoms with E-state index in [0.29, 0.717) is 0 Å². The Morgan fingerprint density at radius 3 is 2.68 bits per heavy atom. The van der Waals surface area contributed by atoms with Crippen molar-refractivity contribution < 1.29 is 4.74 Å². The van der Waals surface area contributed by atoms with Gasteiger partial charge in [-0.15, -0.1) is 0 Å². The van der Waals surface area contributed by atoms with Crippen molar-refractivity contribution in [3.63, 3.8) is 0 Å². The molecule has 1 aliphatic heterocycles. The Morgan fingerprint density at radius 2 is 1.92 bits per heavy atom. The second-order valence-corrected chi connectivity index (χ2v) is 6.91. The summed E-state index contributed by atoms with van der Waals surface area (Å²) in [5.41, 5.74) is 11.0. The van der Waals surface area contributed by atoms with Gasteiger partial charge in [0.15, 0.2) is 0 Å². The molecular formula is C20H24N4O. The third-order valence-electron chi connectivity index (χ3n) is 4.66. The molecule has 1 fully saturated rings. The van der Waals surface area contributed by atoms with Crippen LogP contribution in [-0.2, 0) is 11.3 Å². The van der Waals surface area contributed by atoms with Crippen LogP contribution in [-0.4, -0.2) is 39.6 Å². The molecule has 5 heteroatoms. The molecule has 4 rings (SSSR count). The van der Waals surface area contributed by atoms with Crippen LogP contribution in [0.1, 0.15) is 19.5 Å². The van der Waals surface area contributed by atoms with Crippen molar-refractivity contribution in [2.24, 2.45) is 0 Å². The molecule has 0 bridgehead atoms. The number of rotatable bonds is 3. The van der Waals surface area contributed by atoms with E-state index < -0.39 is 0 Å². The second-order valence-electron chi connectivity index (χ2n) is 6.91.